The van der Waals surface area contributed by atoms with Crippen molar-refractivity contribution in [2.75, 3.05) is 5.32 Å². The average Bonchev–Trinajstić information content (AvgIpc) is 2.32. The quantitative estimate of drug-likeness (QED) is 0.843. The summed E-state index contributed by atoms with van der Waals surface area (Å²) in [5.74, 6) is 0.460. The third-order valence-corrected chi connectivity index (χ3v) is 2.91. The Morgan fingerprint density at radius 3 is 2.63 bits per heavy atom. The molecule has 0 aliphatic rings. The second kappa shape index (κ2) is 6.06. The van der Waals surface area contributed by atoms with E-state index >= 15 is 0 Å². The van der Waals surface area contributed by atoms with Crippen LogP contribution in [0, 0.1) is 5.82 Å². The Kier molecular flexibility index (Phi) is 4.43. The maximum atomic E-state index is 13.7. The molecule has 0 fully saturated rings. The lowest BCUT2D eigenvalue weighted by Gasteiger charge is -2.12. The zero-order chi connectivity index (χ0) is 13.8. The first kappa shape index (κ1) is 13.9. The number of ether oxygens (including phenoxy) is 1. The summed E-state index contributed by atoms with van der Waals surface area (Å²) in [6, 6.07) is 12.4. The van der Waals surface area contributed by atoms with Crippen molar-refractivity contribution >= 4 is 27.3 Å². The second-order valence-corrected chi connectivity index (χ2v) is 5.36. The molecule has 0 saturated heterocycles. The largest absolute Gasteiger partial charge is 0.491 e. The first-order valence-corrected chi connectivity index (χ1v) is 6.82. The molecule has 0 aliphatic heterocycles. The number of halogens is 2. The van der Waals surface area contributed by atoms with Crippen LogP contribution >= 0.6 is 15.9 Å². The van der Waals surface area contributed by atoms with E-state index in [0.29, 0.717) is 10.2 Å². The first-order chi connectivity index (χ1) is 9.04. The van der Waals surface area contributed by atoms with E-state index in [-0.39, 0.29) is 11.9 Å². The van der Waals surface area contributed by atoms with E-state index in [1.54, 1.807) is 12.1 Å². The molecule has 19 heavy (non-hydrogen) atoms. The third kappa shape index (κ3) is 3.96. The highest BCUT2D eigenvalue weighted by Gasteiger charge is 2.04. The van der Waals surface area contributed by atoms with Crippen molar-refractivity contribution in [3.8, 4) is 5.75 Å². The lowest BCUT2D eigenvalue weighted by atomic mass is 10.2. The van der Waals surface area contributed by atoms with Gasteiger partial charge in [-0.05, 0) is 44.2 Å². The normalized spacial score (nSPS) is 10.6. The van der Waals surface area contributed by atoms with Gasteiger partial charge in [0.2, 0.25) is 0 Å². The molecule has 0 aromatic heterocycles. The van der Waals surface area contributed by atoms with Crippen LogP contribution in [0.3, 0.4) is 0 Å². The van der Waals surface area contributed by atoms with E-state index in [1.165, 1.54) is 6.07 Å². The zero-order valence-corrected chi connectivity index (χ0v) is 12.4. The number of nitrogens with one attached hydrogen (secondary N) is 1. The van der Waals surface area contributed by atoms with E-state index in [0.717, 1.165) is 11.4 Å². The summed E-state index contributed by atoms with van der Waals surface area (Å²) < 4.78 is 20.0. The molecule has 2 nitrogen and oxygen atoms in total. The minimum absolute atomic E-state index is 0.111. The molecule has 4 heteroatoms. The molecule has 0 aliphatic carbocycles. The van der Waals surface area contributed by atoms with Crippen LogP contribution in [0.1, 0.15) is 13.8 Å². The third-order valence-electron chi connectivity index (χ3n) is 2.42. The highest BCUT2D eigenvalue weighted by Crippen LogP contribution is 2.25. The van der Waals surface area contributed by atoms with Gasteiger partial charge in [0.25, 0.3) is 0 Å². The summed E-state index contributed by atoms with van der Waals surface area (Å²) in [7, 11) is 0. The van der Waals surface area contributed by atoms with Crippen LogP contribution < -0.4 is 10.1 Å². The van der Waals surface area contributed by atoms with Crippen LogP contribution in [0.15, 0.2) is 46.9 Å². The number of anilines is 2. The molecule has 0 atom stereocenters. The van der Waals surface area contributed by atoms with Crippen LogP contribution in [0.25, 0.3) is 0 Å². The zero-order valence-electron chi connectivity index (χ0n) is 10.8. The molecule has 2 rings (SSSR count). The maximum Gasteiger partial charge on any atom is 0.147 e. The summed E-state index contributed by atoms with van der Waals surface area (Å²) in [4.78, 5) is 0. The van der Waals surface area contributed by atoms with Crippen molar-refractivity contribution in [2.24, 2.45) is 0 Å². The van der Waals surface area contributed by atoms with E-state index in [4.69, 9.17) is 4.74 Å². The standard InChI is InChI=1S/C15H15BrFNO/c1-10(2)19-13-5-3-4-12(9-13)18-15-7-6-11(16)8-14(15)17/h3-10,18H,1-2H3. The smallest absolute Gasteiger partial charge is 0.147 e. The van der Waals surface area contributed by atoms with Crippen molar-refractivity contribution < 1.29 is 9.13 Å². The summed E-state index contributed by atoms with van der Waals surface area (Å²) in [5, 5.41) is 3.04. The Morgan fingerprint density at radius 1 is 1.16 bits per heavy atom. The lowest BCUT2D eigenvalue weighted by molar-refractivity contribution is 0.242. The van der Waals surface area contributed by atoms with Gasteiger partial charge >= 0.3 is 0 Å². The number of hydrogen-bond donors (Lipinski definition) is 1. The van der Waals surface area contributed by atoms with Crippen LogP contribution in [-0.4, -0.2) is 6.10 Å². The van der Waals surface area contributed by atoms with Gasteiger partial charge in [-0.1, -0.05) is 22.0 Å². The van der Waals surface area contributed by atoms with Crippen molar-refractivity contribution in [3.05, 3.63) is 52.8 Å². The minimum atomic E-state index is -0.301. The predicted molar refractivity (Wildman–Crippen MR) is 79.6 cm³/mol. The Balaban J connectivity index is 2.18. The molecule has 1 N–H and O–H groups in total. The van der Waals surface area contributed by atoms with E-state index in [2.05, 4.69) is 21.2 Å². The van der Waals surface area contributed by atoms with Crippen molar-refractivity contribution in [3.63, 3.8) is 0 Å². The van der Waals surface area contributed by atoms with Gasteiger partial charge in [0, 0.05) is 16.2 Å². The Hall–Kier alpha value is -1.55. The Morgan fingerprint density at radius 2 is 1.95 bits per heavy atom. The first-order valence-electron chi connectivity index (χ1n) is 6.03. The van der Waals surface area contributed by atoms with Crippen molar-refractivity contribution in [1.29, 1.82) is 0 Å². The molecule has 0 heterocycles. The Bertz CT molecular complexity index is 572. The molecule has 0 radical (unpaired) electrons. The Labute approximate surface area is 120 Å². The molecular formula is C15H15BrFNO. The van der Waals surface area contributed by atoms with Gasteiger partial charge in [-0.2, -0.15) is 0 Å². The summed E-state index contributed by atoms with van der Waals surface area (Å²) >= 11 is 3.23. The lowest BCUT2D eigenvalue weighted by Crippen LogP contribution is -2.05. The van der Waals surface area contributed by atoms with E-state index < -0.39 is 0 Å². The summed E-state index contributed by atoms with van der Waals surface area (Å²) in [6.07, 6.45) is 0.111. The molecule has 0 saturated carbocycles. The molecule has 100 valence electrons. The fourth-order valence-corrected chi connectivity index (χ4v) is 2.00. The van der Waals surface area contributed by atoms with E-state index in [1.807, 2.05) is 38.1 Å². The topological polar surface area (TPSA) is 21.3 Å². The molecule has 2 aromatic carbocycles. The predicted octanol–water partition coefficient (Wildman–Crippen LogP) is 5.12. The van der Waals surface area contributed by atoms with Crippen LogP contribution in [0.4, 0.5) is 15.8 Å². The van der Waals surface area contributed by atoms with Crippen molar-refractivity contribution in [2.45, 2.75) is 20.0 Å². The van der Waals surface area contributed by atoms with Gasteiger partial charge in [-0.15, -0.1) is 0 Å². The molecule has 0 bridgehead atoms. The highest BCUT2D eigenvalue weighted by molar-refractivity contribution is 9.10. The fraction of sp³-hybridized carbons (Fsp3) is 0.200. The molecule has 0 unspecified atom stereocenters. The minimum Gasteiger partial charge on any atom is -0.491 e. The van der Waals surface area contributed by atoms with Gasteiger partial charge in [-0.3, -0.25) is 0 Å². The van der Waals surface area contributed by atoms with E-state index in [9.17, 15) is 4.39 Å². The molecule has 0 spiro atoms. The fourth-order valence-electron chi connectivity index (χ4n) is 1.67. The number of hydrogen-bond acceptors (Lipinski definition) is 2. The summed E-state index contributed by atoms with van der Waals surface area (Å²) in [5.41, 5.74) is 1.23. The molecule has 2 aromatic rings. The van der Waals surface area contributed by atoms with Gasteiger partial charge in [0.1, 0.15) is 11.6 Å². The van der Waals surface area contributed by atoms with Crippen LogP contribution in [-0.2, 0) is 0 Å². The van der Waals surface area contributed by atoms with Crippen LogP contribution in [0.2, 0.25) is 0 Å². The van der Waals surface area contributed by atoms with Crippen LogP contribution in [0.5, 0.6) is 5.75 Å². The second-order valence-electron chi connectivity index (χ2n) is 4.44. The SMILES string of the molecule is CC(C)Oc1cccc(Nc2ccc(Br)cc2F)c1. The van der Waals surface area contributed by atoms with Gasteiger partial charge in [-0.25, -0.2) is 4.39 Å². The number of rotatable bonds is 4. The number of benzene rings is 2. The monoisotopic (exact) mass is 323 g/mol. The van der Waals surface area contributed by atoms with Gasteiger partial charge < -0.3 is 10.1 Å². The maximum absolute atomic E-state index is 13.7. The van der Waals surface area contributed by atoms with Gasteiger partial charge in [0.15, 0.2) is 0 Å². The van der Waals surface area contributed by atoms with Gasteiger partial charge in [0.05, 0.1) is 11.8 Å². The van der Waals surface area contributed by atoms with Crippen molar-refractivity contribution in [1.82, 2.24) is 0 Å². The highest BCUT2D eigenvalue weighted by atomic mass is 79.9. The molecule has 0 amide bonds. The average molecular weight is 324 g/mol. The summed E-state index contributed by atoms with van der Waals surface area (Å²) in [6.45, 7) is 3.93. The molecular weight excluding hydrogens is 309 g/mol.